The second-order valence-corrected chi connectivity index (χ2v) is 22.5. The first-order valence-corrected chi connectivity index (χ1v) is 29.9. The van der Waals surface area contributed by atoms with Crippen molar-refractivity contribution in [2.24, 2.45) is 12.5 Å². The number of unbranched alkanes of at least 4 members (excludes halogenated alkanes) is 5. The quantitative estimate of drug-likeness (QED) is 0.0222. The molecular weight excluding hydrogens is 1130 g/mol. The Hall–Kier alpha value is -7.78. The van der Waals surface area contributed by atoms with Gasteiger partial charge in [-0.3, -0.25) is 19.2 Å². The molecule has 23 heteroatoms. The summed E-state index contributed by atoms with van der Waals surface area (Å²) in [5, 5.41) is 20.3. The van der Waals surface area contributed by atoms with Crippen LogP contribution < -0.4 is 26.0 Å². The highest BCUT2D eigenvalue weighted by atomic mass is 32.1. The average molecular weight is 1210 g/mol. The zero-order valence-corrected chi connectivity index (χ0v) is 50.6. The second-order valence-electron chi connectivity index (χ2n) is 21.7. The Bertz CT molecular complexity index is 3100. The highest BCUT2D eigenvalue weighted by molar-refractivity contribution is 7.13. The topological polar surface area (TPSA) is 226 Å². The molecule has 0 radical (unpaired) electrons. The summed E-state index contributed by atoms with van der Waals surface area (Å²) in [6, 6.07) is 18.6. The fraction of sp³-hybridized carbons (Fsp3) is 0.476. The summed E-state index contributed by atoms with van der Waals surface area (Å²) in [6.45, 7) is 11.7. The third-order valence-electron chi connectivity index (χ3n) is 14.2. The molecule has 3 aromatic heterocycles. The van der Waals surface area contributed by atoms with Gasteiger partial charge in [0, 0.05) is 63.8 Å². The number of thiazole rings is 1. The molecule has 1 aliphatic rings. The number of nitrogens with zero attached hydrogens (tertiary/aromatic N) is 7. The molecule has 3 aromatic carbocycles. The first-order chi connectivity index (χ1) is 41.5. The molecule has 19 nitrogen and oxygen atoms in total. The highest BCUT2D eigenvalue weighted by Gasteiger charge is 2.42. The molecule has 0 unspecified atom stereocenters. The molecule has 0 bridgehead atoms. The number of benzene rings is 3. The van der Waals surface area contributed by atoms with Gasteiger partial charge < -0.3 is 49.7 Å². The van der Waals surface area contributed by atoms with E-state index in [1.54, 1.807) is 57.3 Å². The summed E-state index contributed by atoms with van der Waals surface area (Å²) in [4.78, 5) is 68.9. The maximum atomic E-state index is 14.0. The van der Waals surface area contributed by atoms with Crippen LogP contribution in [0.4, 0.5) is 18.9 Å². The zero-order chi connectivity index (χ0) is 61.9. The van der Waals surface area contributed by atoms with Gasteiger partial charge in [-0.05, 0) is 116 Å². The molecule has 86 heavy (non-hydrogen) atoms. The van der Waals surface area contributed by atoms with E-state index in [2.05, 4.69) is 59.3 Å². The maximum absolute atomic E-state index is 14.0. The minimum absolute atomic E-state index is 0.109. The van der Waals surface area contributed by atoms with E-state index >= 15 is 0 Å². The number of aromatic nitrogens is 6. The number of nitrogens with one attached hydrogen (secondary N) is 4. The van der Waals surface area contributed by atoms with Crippen LogP contribution in [0.25, 0.3) is 22.0 Å². The number of anilines is 1. The Morgan fingerprint density at radius 3 is 2.14 bits per heavy atom. The van der Waals surface area contributed by atoms with Gasteiger partial charge in [-0.2, -0.15) is 13.2 Å². The maximum Gasteiger partial charge on any atom is 0.416 e. The Kier molecular flexibility index (Phi) is 26.9. The number of ether oxygens (including phenoxy) is 4. The van der Waals surface area contributed by atoms with Gasteiger partial charge in [0.25, 0.3) is 5.91 Å². The molecule has 4 amide bonds. The van der Waals surface area contributed by atoms with Gasteiger partial charge in [-0.15, -0.1) is 34.4 Å². The number of halogens is 3. The Morgan fingerprint density at radius 2 is 1.48 bits per heavy atom. The fourth-order valence-electron chi connectivity index (χ4n) is 9.54. The predicted molar refractivity (Wildman–Crippen MR) is 323 cm³/mol. The lowest BCUT2D eigenvalue weighted by Crippen LogP contribution is -2.57. The number of aryl methyl sites for hydroxylation is 1. The molecule has 2 atom stereocenters. The van der Waals surface area contributed by atoms with Crippen LogP contribution in [-0.2, 0) is 61.5 Å². The van der Waals surface area contributed by atoms with Crippen molar-refractivity contribution in [3.05, 3.63) is 125 Å². The number of rotatable bonds is 33. The van der Waals surface area contributed by atoms with Crippen molar-refractivity contribution >= 4 is 40.7 Å². The smallest absolute Gasteiger partial charge is 0.416 e. The molecule has 4 heterocycles. The molecule has 6 aromatic rings. The van der Waals surface area contributed by atoms with Crippen LogP contribution in [-0.4, -0.2) is 123 Å². The SMILES string of the molecule is C#C.Cc1ncsc1-c1ccc(CNC(=O)[C@@H]2CCCN2C(=O)[C@@H](NC(=O)CCCCCOCCOCCOCCCCCCOc2ccc(C(F)(F)F)c(CNC(=O)c3cccc(NCc4nnc(-c5ccncn5)n4C)c3)c2)C(C)(C)C)cc1. The number of carbonyl (C=O) groups is 4. The predicted octanol–water partition coefficient (Wildman–Crippen LogP) is 9.90. The largest absolute Gasteiger partial charge is 0.494 e. The van der Waals surface area contributed by atoms with E-state index in [0.29, 0.717) is 108 Å². The van der Waals surface area contributed by atoms with Gasteiger partial charge >= 0.3 is 6.18 Å². The number of carbonyl (C=O) groups excluding carboxylic acids is 4. The van der Waals surface area contributed by atoms with Crippen LogP contribution in [0.3, 0.4) is 0 Å². The van der Waals surface area contributed by atoms with Crippen LogP contribution in [0, 0.1) is 25.2 Å². The molecule has 4 N–H and O–H groups in total. The van der Waals surface area contributed by atoms with E-state index in [0.717, 1.165) is 59.9 Å². The Labute approximate surface area is 506 Å². The molecule has 1 saturated heterocycles. The lowest BCUT2D eigenvalue weighted by atomic mass is 9.85. The van der Waals surface area contributed by atoms with E-state index < -0.39 is 35.1 Å². The minimum atomic E-state index is -4.63. The third kappa shape index (κ3) is 21.0. The van der Waals surface area contributed by atoms with Crippen molar-refractivity contribution in [3.8, 4) is 40.6 Å². The van der Waals surface area contributed by atoms with Crippen molar-refractivity contribution in [1.29, 1.82) is 0 Å². The summed E-state index contributed by atoms with van der Waals surface area (Å²) < 4.78 is 66.7. The van der Waals surface area contributed by atoms with Crippen LogP contribution >= 0.6 is 11.3 Å². The van der Waals surface area contributed by atoms with Crippen molar-refractivity contribution in [2.75, 3.05) is 58.1 Å². The van der Waals surface area contributed by atoms with E-state index in [1.807, 2.05) is 64.5 Å². The van der Waals surface area contributed by atoms with Crippen molar-refractivity contribution in [1.82, 2.24) is 50.6 Å². The molecule has 462 valence electrons. The minimum Gasteiger partial charge on any atom is -0.494 e. The normalized spacial score (nSPS) is 13.6. The second kappa shape index (κ2) is 34.4. The first kappa shape index (κ1) is 67.3. The van der Waals surface area contributed by atoms with Gasteiger partial charge in [0.15, 0.2) is 11.6 Å². The van der Waals surface area contributed by atoms with Gasteiger partial charge in [-0.1, -0.05) is 63.9 Å². The van der Waals surface area contributed by atoms with Crippen LogP contribution in [0.5, 0.6) is 5.75 Å². The van der Waals surface area contributed by atoms with Crippen LogP contribution in [0.15, 0.2) is 90.8 Å². The average Bonchev–Trinajstić information content (AvgIpc) is 2.54. The van der Waals surface area contributed by atoms with E-state index in [-0.39, 0.29) is 54.1 Å². The van der Waals surface area contributed by atoms with Crippen LogP contribution in [0.1, 0.15) is 124 Å². The third-order valence-corrected chi connectivity index (χ3v) is 15.2. The van der Waals surface area contributed by atoms with Crippen LogP contribution in [0.2, 0.25) is 0 Å². The number of alkyl halides is 3. The van der Waals surface area contributed by atoms with E-state index in [4.69, 9.17) is 18.9 Å². The lowest BCUT2D eigenvalue weighted by molar-refractivity contribution is -0.144. The fourth-order valence-corrected chi connectivity index (χ4v) is 10.4. The Morgan fingerprint density at radius 1 is 0.779 bits per heavy atom. The molecule has 0 saturated carbocycles. The van der Waals surface area contributed by atoms with Crippen molar-refractivity contribution < 1.29 is 51.3 Å². The molecule has 0 aliphatic carbocycles. The standard InChI is InChI=1S/C61H78F3N11O8S.C2H2/c1-42-54(84-41-70-42)44-21-19-43(20-22-44)37-67-58(78)51-17-14-27-75(51)59(79)55(60(2,3)4)71-53(76)18-9-8-11-29-81-32-34-82-33-31-80-28-10-6-7-12-30-83-48-23-24-49(61(62,63)64)46(36-48)38-68-57(77)45-15-13-16-47(35-45)66-39-52-72-73-56(74(52)5)50-25-26-65-40-69-50;1-2/h13,15-16,19-26,35-36,40-41,51,55,66H,6-12,14,17-18,27-34,37-39H2,1-5H3,(H,67,78)(H,68,77)(H,71,76);1-2H/t51-,55+;/m0./s1. The van der Waals surface area contributed by atoms with E-state index in [1.165, 1.54) is 18.5 Å². The van der Waals surface area contributed by atoms with E-state index in [9.17, 15) is 32.3 Å². The first-order valence-electron chi connectivity index (χ1n) is 29.0. The lowest BCUT2D eigenvalue weighted by Gasteiger charge is -2.35. The monoisotopic (exact) mass is 1210 g/mol. The number of terminal acetylenes is 1. The van der Waals surface area contributed by atoms with Gasteiger partial charge in [0.1, 0.15) is 29.9 Å². The zero-order valence-electron chi connectivity index (χ0n) is 49.8. The number of likely N-dealkylation sites (tertiary alicyclic amines) is 1. The molecule has 7 rings (SSSR count). The highest BCUT2D eigenvalue weighted by Crippen LogP contribution is 2.34. The summed E-state index contributed by atoms with van der Waals surface area (Å²) in [6.07, 6.45) is 13.5. The number of hydrogen-bond donors (Lipinski definition) is 4. The summed E-state index contributed by atoms with van der Waals surface area (Å²) >= 11 is 1.59. The number of hydrogen-bond acceptors (Lipinski definition) is 15. The van der Waals surface area contributed by atoms with Gasteiger partial charge in [0.2, 0.25) is 17.7 Å². The molecule has 0 spiro atoms. The van der Waals surface area contributed by atoms with Crippen molar-refractivity contribution in [2.45, 2.75) is 130 Å². The summed E-state index contributed by atoms with van der Waals surface area (Å²) in [5.74, 6) is 0.301. The number of amides is 4. The molecule has 1 fully saturated rings. The molecular formula is C63H80F3N11O8S. The summed E-state index contributed by atoms with van der Waals surface area (Å²) in [5.41, 5.74) is 4.82. The molecule has 1 aliphatic heterocycles. The summed E-state index contributed by atoms with van der Waals surface area (Å²) in [7, 11) is 1.81. The van der Waals surface area contributed by atoms with Gasteiger partial charge in [0.05, 0.1) is 61.2 Å². The van der Waals surface area contributed by atoms with Gasteiger partial charge in [-0.25, -0.2) is 15.0 Å². The van der Waals surface area contributed by atoms with Crippen molar-refractivity contribution in [3.63, 3.8) is 0 Å². The Balaban J connectivity index is 0.00000585.